The average Bonchev–Trinajstić information content (AvgIpc) is 2.24. The first kappa shape index (κ1) is 17.2. The Bertz CT molecular complexity index is 266. The maximum atomic E-state index is 11.2. The van der Waals surface area contributed by atoms with Crippen molar-refractivity contribution in [3.05, 3.63) is 12.2 Å². The van der Waals surface area contributed by atoms with Gasteiger partial charge in [0.2, 0.25) is 5.91 Å². The molecule has 0 aromatic heterocycles. The number of carbonyl (C=O) groups excluding carboxylic acids is 1. The Hall–Kier alpha value is -0.830. The highest BCUT2D eigenvalue weighted by molar-refractivity contribution is 5.91. The lowest BCUT2D eigenvalue weighted by molar-refractivity contribution is -0.117. The van der Waals surface area contributed by atoms with Crippen LogP contribution in [0.1, 0.15) is 53.9 Å². The van der Waals surface area contributed by atoms with Gasteiger partial charge in [-0.1, -0.05) is 34.3 Å². The standard InChI is InChI=1S/C15H29NO2/c1-7-13(11-15(4,5)6)18-10-8-9-16-14(17)12(2)3/h13H,2,7-11H2,1,3-6H3,(H,16,17). The minimum Gasteiger partial charge on any atom is -0.378 e. The molecule has 0 fully saturated rings. The van der Waals surface area contributed by atoms with Crippen LogP contribution >= 0.6 is 0 Å². The molecule has 0 heterocycles. The third kappa shape index (κ3) is 9.23. The van der Waals surface area contributed by atoms with Crippen molar-refractivity contribution in [2.75, 3.05) is 13.2 Å². The first-order chi connectivity index (χ1) is 8.26. The Balaban J connectivity index is 3.69. The second-order valence-corrected chi connectivity index (χ2v) is 6.06. The van der Waals surface area contributed by atoms with Crippen LogP contribution < -0.4 is 5.32 Å². The average molecular weight is 255 g/mol. The molecule has 0 aromatic rings. The predicted octanol–water partition coefficient (Wildman–Crippen LogP) is 3.30. The van der Waals surface area contributed by atoms with Gasteiger partial charge in [0.15, 0.2) is 0 Å². The van der Waals surface area contributed by atoms with E-state index in [2.05, 4.69) is 39.6 Å². The van der Waals surface area contributed by atoms with Gasteiger partial charge in [-0.3, -0.25) is 4.79 Å². The largest absolute Gasteiger partial charge is 0.378 e. The van der Waals surface area contributed by atoms with Gasteiger partial charge in [-0.25, -0.2) is 0 Å². The van der Waals surface area contributed by atoms with Gasteiger partial charge in [0, 0.05) is 18.7 Å². The number of hydrogen-bond donors (Lipinski definition) is 1. The van der Waals surface area contributed by atoms with E-state index in [1.54, 1.807) is 6.92 Å². The first-order valence-corrected chi connectivity index (χ1v) is 6.81. The number of rotatable bonds is 8. The molecule has 1 N–H and O–H groups in total. The maximum Gasteiger partial charge on any atom is 0.246 e. The van der Waals surface area contributed by atoms with Gasteiger partial charge in [0.25, 0.3) is 0 Å². The minimum atomic E-state index is -0.0725. The monoisotopic (exact) mass is 255 g/mol. The Labute approximate surface area is 112 Å². The minimum absolute atomic E-state index is 0.0725. The van der Waals surface area contributed by atoms with Crippen LogP contribution in [0, 0.1) is 5.41 Å². The number of carbonyl (C=O) groups is 1. The third-order valence-electron chi connectivity index (χ3n) is 2.64. The third-order valence-corrected chi connectivity index (χ3v) is 2.64. The predicted molar refractivity (Wildman–Crippen MR) is 76.5 cm³/mol. The number of hydrogen-bond acceptors (Lipinski definition) is 2. The molecule has 1 unspecified atom stereocenters. The zero-order valence-electron chi connectivity index (χ0n) is 12.6. The van der Waals surface area contributed by atoms with Crippen molar-refractivity contribution in [1.82, 2.24) is 5.32 Å². The zero-order chi connectivity index (χ0) is 14.2. The quantitative estimate of drug-likeness (QED) is 0.534. The summed E-state index contributed by atoms with van der Waals surface area (Å²) in [4.78, 5) is 11.2. The summed E-state index contributed by atoms with van der Waals surface area (Å²) in [5.41, 5.74) is 0.851. The molecule has 1 atom stereocenters. The van der Waals surface area contributed by atoms with Crippen LogP contribution in [0.25, 0.3) is 0 Å². The van der Waals surface area contributed by atoms with Gasteiger partial charge in [0.05, 0.1) is 6.10 Å². The molecule has 0 spiro atoms. The van der Waals surface area contributed by atoms with E-state index in [0.717, 1.165) is 19.3 Å². The van der Waals surface area contributed by atoms with Crippen molar-refractivity contribution in [2.45, 2.75) is 60.0 Å². The Morgan fingerprint density at radius 3 is 2.44 bits per heavy atom. The van der Waals surface area contributed by atoms with Gasteiger partial charge in [-0.05, 0) is 31.6 Å². The molecule has 0 radical (unpaired) electrons. The molecular formula is C15H29NO2. The summed E-state index contributed by atoms with van der Waals surface area (Å²) in [5, 5.41) is 2.80. The van der Waals surface area contributed by atoms with E-state index in [1.807, 2.05) is 0 Å². The topological polar surface area (TPSA) is 38.3 Å². The lowest BCUT2D eigenvalue weighted by atomic mass is 9.88. The molecular weight excluding hydrogens is 226 g/mol. The van der Waals surface area contributed by atoms with Crippen LogP contribution in [0.4, 0.5) is 0 Å². The van der Waals surface area contributed by atoms with Crippen molar-refractivity contribution >= 4 is 5.91 Å². The number of amides is 1. The zero-order valence-corrected chi connectivity index (χ0v) is 12.6. The lowest BCUT2D eigenvalue weighted by Gasteiger charge is -2.25. The highest BCUT2D eigenvalue weighted by Crippen LogP contribution is 2.23. The highest BCUT2D eigenvalue weighted by Gasteiger charge is 2.17. The van der Waals surface area contributed by atoms with E-state index in [4.69, 9.17) is 4.74 Å². The molecule has 106 valence electrons. The molecule has 0 saturated carbocycles. The first-order valence-electron chi connectivity index (χ1n) is 6.81. The van der Waals surface area contributed by atoms with Crippen LogP contribution in [0.2, 0.25) is 0 Å². The fourth-order valence-corrected chi connectivity index (χ4v) is 1.68. The van der Waals surface area contributed by atoms with E-state index in [1.165, 1.54) is 0 Å². The molecule has 0 bridgehead atoms. The van der Waals surface area contributed by atoms with Gasteiger partial charge in [-0.2, -0.15) is 0 Å². The van der Waals surface area contributed by atoms with E-state index >= 15 is 0 Å². The van der Waals surface area contributed by atoms with Crippen molar-refractivity contribution < 1.29 is 9.53 Å². The Morgan fingerprint density at radius 1 is 1.39 bits per heavy atom. The summed E-state index contributed by atoms with van der Waals surface area (Å²) in [5.74, 6) is -0.0725. The summed E-state index contributed by atoms with van der Waals surface area (Å²) in [7, 11) is 0. The van der Waals surface area contributed by atoms with E-state index in [-0.39, 0.29) is 5.91 Å². The van der Waals surface area contributed by atoms with Crippen LogP contribution in [0.15, 0.2) is 12.2 Å². The van der Waals surface area contributed by atoms with Gasteiger partial charge in [0.1, 0.15) is 0 Å². The molecule has 0 saturated heterocycles. The SMILES string of the molecule is C=C(C)C(=O)NCCCOC(CC)CC(C)(C)C. The smallest absolute Gasteiger partial charge is 0.246 e. The Kier molecular flexibility index (Phi) is 7.92. The van der Waals surface area contributed by atoms with Gasteiger partial charge in [-0.15, -0.1) is 0 Å². The molecule has 1 amide bonds. The molecule has 0 aliphatic carbocycles. The molecule has 3 heteroatoms. The van der Waals surface area contributed by atoms with E-state index in [0.29, 0.717) is 30.2 Å². The summed E-state index contributed by atoms with van der Waals surface area (Å²) in [6.45, 7) is 15.5. The van der Waals surface area contributed by atoms with Gasteiger partial charge >= 0.3 is 0 Å². The van der Waals surface area contributed by atoms with Crippen molar-refractivity contribution in [3.63, 3.8) is 0 Å². The summed E-state index contributed by atoms with van der Waals surface area (Å²) >= 11 is 0. The van der Waals surface area contributed by atoms with Crippen LogP contribution in [0.5, 0.6) is 0 Å². The molecule has 0 aromatic carbocycles. The molecule has 3 nitrogen and oxygen atoms in total. The lowest BCUT2D eigenvalue weighted by Crippen LogP contribution is -2.26. The molecule has 18 heavy (non-hydrogen) atoms. The summed E-state index contributed by atoms with van der Waals surface area (Å²) < 4.78 is 5.84. The number of nitrogens with one attached hydrogen (secondary N) is 1. The molecule has 0 rings (SSSR count). The van der Waals surface area contributed by atoms with Crippen LogP contribution in [-0.4, -0.2) is 25.2 Å². The fourth-order valence-electron chi connectivity index (χ4n) is 1.68. The van der Waals surface area contributed by atoms with E-state index < -0.39 is 0 Å². The van der Waals surface area contributed by atoms with Crippen molar-refractivity contribution in [3.8, 4) is 0 Å². The summed E-state index contributed by atoms with van der Waals surface area (Å²) in [6.07, 6.45) is 3.28. The van der Waals surface area contributed by atoms with Crippen LogP contribution in [-0.2, 0) is 9.53 Å². The second kappa shape index (κ2) is 8.30. The molecule has 0 aliphatic rings. The fraction of sp³-hybridized carbons (Fsp3) is 0.800. The highest BCUT2D eigenvalue weighted by atomic mass is 16.5. The normalized spacial score (nSPS) is 13.2. The maximum absolute atomic E-state index is 11.2. The van der Waals surface area contributed by atoms with Crippen molar-refractivity contribution in [2.24, 2.45) is 5.41 Å². The van der Waals surface area contributed by atoms with Crippen molar-refractivity contribution in [1.29, 1.82) is 0 Å². The summed E-state index contributed by atoms with van der Waals surface area (Å²) in [6, 6.07) is 0. The second-order valence-electron chi connectivity index (χ2n) is 6.06. The number of ether oxygens (including phenoxy) is 1. The van der Waals surface area contributed by atoms with E-state index in [9.17, 15) is 4.79 Å². The Morgan fingerprint density at radius 2 is 2.00 bits per heavy atom. The van der Waals surface area contributed by atoms with Gasteiger partial charge < -0.3 is 10.1 Å². The molecule has 0 aliphatic heterocycles. The van der Waals surface area contributed by atoms with Crippen LogP contribution in [0.3, 0.4) is 0 Å².